The minimum absolute atomic E-state index is 0.776. The summed E-state index contributed by atoms with van der Waals surface area (Å²) in [6, 6.07) is 2.96. The molecule has 1 unspecified atom stereocenters. The van der Waals surface area contributed by atoms with Crippen molar-refractivity contribution in [1.29, 1.82) is 5.26 Å². The molecule has 0 aromatic carbocycles. The molecule has 0 amide bonds. The molecule has 0 aromatic heterocycles. The second kappa shape index (κ2) is 5.47. The monoisotopic (exact) mass is 219 g/mol. The van der Waals surface area contributed by atoms with Crippen molar-refractivity contribution < 1.29 is 0 Å². The summed E-state index contributed by atoms with van der Waals surface area (Å²) >= 11 is 0. The summed E-state index contributed by atoms with van der Waals surface area (Å²) in [6.45, 7) is 7.69. The van der Waals surface area contributed by atoms with Gasteiger partial charge in [-0.2, -0.15) is 5.26 Å². The summed E-state index contributed by atoms with van der Waals surface area (Å²) in [5.41, 5.74) is 0.839. The van der Waals surface area contributed by atoms with Crippen molar-refractivity contribution in [3.05, 3.63) is 11.6 Å². The van der Waals surface area contributed by atoms with E-state index < -0.39 is 0 Å². The van der Waals surface area contributed by atoms with E-state index in [2.05, 4.69) is 21.9 Å². The predicted octanol–water partition coefficient (Wildman–Crippen LogP) is 1.63. The van der Waals surface area contributed by atoms with E-state index in [0.717, 1.165) is 24.7 Å². The first-order chi connectivity index (χ1) is 7.79. The highest BCUT2D eigenvalue weighted by atomic mass is 15.3. The zero-order valence-electron chi connectivity index (χ0n) is 10.2. The number of nitrogens with zero attached hydrogens (tertiary/aromatic N) is 3. The van der Waals surface area contributed by atoms with Crippen LogP contribution in [0.1, 0.15) is 26.2 Å². The summed E-state index contributed by atoms with van der Waals surface area (Å²) in [5.74, 6) is 0. The van der Waals surface area contributed by atoms with E-state index in [1.807, 2.05) is 6.92 Å². The Morgan fingerprint density at radius 2 is 2.25 bits per heavy atom. The van der Waals surface area contributed by atoms with Crippen molar-refractivity contribution in [3.63, 3.8) is 0 Å². The predicted molar refractivity (Wildman–Crippen MR) is 65.0 cm³/mol. The molecule has 2 fully saturated rings. The van der Waals surface area contributed by atoms with Crippen LogP contribution < -0.4 is 0 Å². The van der Waals surface area contributed by atoms with Gasteiger partial charge in [0.05, 0.1) is 6.07 Å². The first kappa shape index (κ1) is 11.6. The molecule has 2 aliphatic heterocycles. The van der Waals surface area contributed by atoms with Gasteiger partial charge in [-0.1, -0.05) is 12.5 Å². The Morgan fingerprint density at radius 1 is 1.38 bits per heavy atom. The molecule has 0 radical (unpaired) electrons. The number of rotatable bonds is 2. The van der Waals surface area contributed by atoms with Gasteiger partial charge in [0.2, 0.25) is 0 Å². The fourth-order valence-corrected chi connectivity index (χ4v) is 2.70. The van der Waals surface area contributed by atoms with Crippen LogP contribution in [0, 0.1) is 11.3 Å². The maximum atomic E-state index is 8.71. The zero-order valence-corrected chi connectivity index (χ0v) is 10.2. The third-order valence-electron chi connectivity index (χ3n) is 3.75. The molecular weight excluding hydrogens is 198 g/mol. The van der Waals surface area contributed by atoms with Crippen LogP contribution in [0.15, 0.2) is 11.6 Å². The van der Waals surface area contributed by atoms with Crippen LogP contribution in [0.2, 0.25) is 0 Å². The van der Waals surface area contributed by atoms with Crippen LogP contribution in [0.25, 0.3) is 0 Å². The zero-order chi connectivity index (χ0) is 11.4. The van der Waals surface area contributed by atoms with Gasteiger partial charge in [-0.05, 0) is 26.3 Å². The standard InChI is InChI=1S/C13H21N3/c1-12(10-14)5-7-15-8-9-16-6-3-2-4-13(16)11-15/h5,13H,2-4,6-9,11H2,1H3. The highest BCUT2D eigenvalue weighted by Gasteiger charge is 2.28. The number of hydrogen-bond acceptors (Lipinski definition) is 3. The van der Waals surface area contributed by atoms with Gasteiger partial charge in [0.1, 0.15) is 0 Å². The Labute approximate surface area is 98.3 Å². The molecule has 3 heteroatoms. The lowest BCUT2D eigenvalue weighted by atomic mass is 9.99. The molecule has 16 heavy (non-hydrogen) atoms. The van der Waals surface area contributed by atoms with Crippen molar-refractivity contribution in [2.24, 2.45) is 0 Å². The van der Waals surface area contributed by atoms with Crippen molar-refractivity contribution >= 4 is 0 Å². The molecule has 2 rings (SSSR count). The van der Waals surface area contributed by atoms with E-state index >= 15 is 0 Å². The van der Waals surface area contributed by atoms with Gasteiger partial charge in [0, 0.05) is 37.8 Å². The van der Waals surface area contributed by atoms with E-state index in [1.54, 1.807) is 0 Å². The second-order valence-corrected chi connectivity index (χ2v) is 4.94. The molecule has 2 aliphatic rings. The topological polar surface area (TPSA) is 30.3 Å². The van der Waals surface area contributed by atoms with Crippen LogP contribution in [0.4, 0.5) is 0 Å². The van der Waals surface area contributed by atoms with Gasteiger partial charge >= 0.3 is 0 Å². The van der Waals surface area contributed by atoms with Gasteiger partial charge < -0.3 is 0 Å². The van der Waals surface area contributed by atoms with Crippen molar-refractivity contribution in [2.75, 3.05) is 32.7 Å². The first-order valence-corrected chi connectivity index (χ1v) is 6.33. The third-order valence-corrected chi connectivity index (χ3v) is 3.75. The maximum Gasteiger partial charge on any atom is 0.0941 e. The summed E-state index contributed by atoms with van der Waals surface area (Å²) in [6.07, 6.45) is 6.18. The highest BCUT2D eigenvalue weighted by molar-refractivity contribution is 5.17. The molecular formula is C13H21N3. The number of nitriles is 1. The number of fused-ring (bicyclic) bond motifs is 1. The molecule has 0 aromatic rings. The van der Waals surface area contributed by atoms with Gasteiger partial charge in [-0.15, -0.1) is 0 Å². The Hall–Kier alpha value is -0.850. The lowest BCUT2D eigenvalue weighted by molar-refractivity contribution is 0.0552. The minimum atomic E-state index is 0.776. The summed E-state index contributed by atoms with van der Waals surface area (Å²) in [5, 5.41) is 8.71. The van der Waals surface area contributed by atoms with Crippen molar-refractivity contribution in [1.82, 2.24) is 9.80 Å². The molecule has 0 spiro atoms. The Morgan fingerprint density at radius 3 is 3.06 bits per heavy atom. The molecule has 0 aliphatic carbocycles. The SMILES string of the molecule is CC(C#N)=CCN1CCN2CCCCC2C1. The number of piperazine rings is 1. The average Bonchev–Trinajstić information content (AvgIpc) is 2.35. The molecule has 88 valence electrons. The number of allylic oxidation sites excluding steroid dienone is 1. The van der Waals surface area contributed by atoms with E-state index in [1.165, 1.54) is 38.9 Å². The Bertz CT molecular complexity index is 303. The summed E-state index contributed by atoms with van der Waals surface area (Å²) in [7, 11) is 0. The van der Waals surface area contributed by atoms with Crippen molar-refractivity contribution in [2.45, 2.75) is 32.2 Å². The van der Waals surface area contributed by atoms with Gasteiger partial charge in [-0.25, -0.2) is 0 Å². The first-order valence-electron chi connectivity index (χ1n) is 6.33. The average molecular weight is 219 g/mol. The van der Waals surface area contributed by atoms with Gasteiger partial charge in [0.15, 0.2) is 0 Å². The van der Waals surface area contributed by atoms with Crippen LogP contribution in [0.5, 0.6) is 0 Å². The van der Waals surface area contributed by atoms with Gasteiger partial charge in [-0.3, -0.25) is 9.80 Å². The van der Waals surface area contributed by atoms with E-state index in [9.17, 15) is 0 Å². The molecule has 2 heterocycles. The van der Waals surface area contributed by atoms with Crippen molar-refractivity contribution in [3.8, 4) is 6.07 Å². The largest absolute Gasteiger partial charge is 0.298 e. The quantitative estimate of drug-likeness (QED) is 0.661. The second-order valence-electron chi connectivity index (χ2n) is 4.94. The smallest absolute Gasteiger partial charge is 0.0941 e. The minimum Gasteiger partial charge on any atom is -0.298 e. The van der Waals surface area contributed by atoms with Crippen LogP contribution >= 0.6 is 0 Å². The van der Waals surface area contributed by atoms with Crippen LogP contribution in [0.3, 0.4) is 0 Å². The van der Waals surface area contributed by atoms with E-state index in [0.29, 0.717) is 0 Å². The maximum absolute atomic E-state index is 8.71. The van der Waals surface area contributed by atoms with E-state index in [-0.39, 0.29) is 0 Å². The fourth-order valence-electron chi connectivity index (χ4n) is 2.70. The molecule has 1 atom stereocenters. The highest BCUT2D eigenvalue weighted by Crippen LogP contribution is 2.20. The van der Waals surface area contributed by atoms with Crippen LogP contribution in [-0.4, -0.2) is 48.6 Å². The Balaban J connectivity index is 1.83. The summed E-state index contributed by atoms with van der Waals surface area (Å²) < 4.78 is 0. The molecule has 0 N–H and O–H groups in total. The number of hydrogen-bond donors (Lipinski definition) is 0. The molecule has 0 bridgehead atoms. The normalized spacial score (nSPS) is 28.5. The molecule has 3 nitrogen and oxygen atoms in total. The number of piperidine rings is 1. The van der Waals surface area contributed by atoms with Gasteiger partial charge in [0.25, 0.3) is 0 Å². The lowest BCUT2D eigenvalue weighted by Gasteiger charge is -2.43. The Kier molecular flexibility index (Phi) is 3.98. The molecule has 2 saturated heterocycles. The van der Waals surface area contributed by atoms with E-state index in [4.69, 9.17) is 5.26 Å². The third kappa shape index (κ3) is 2.84. The fraction of sp³-hybridized carbons (Fsp3) is 0.769. The lowest BCUT2D eigenvalue weighted by Crippen LogP contribution is -2.54. The molecule has 0 saturated carbocycles. The summed E-state index contributed by atoms with van der Waals surface area (Å²) in [4.78, 5) is 5.12. The van der Waals surface area contributed by atoms with Crippen LogP contribution in [-0.2, 0) is 0 Å².